The number of fused-ring (bicyclic) bond motifs is 1. The van der Waals surface area contributed by atoms with E-state index in [4.69, 9.17) is 9.84 Å². The van der Waals surface area contributed by atoms with Crippen molar-refractivity contribution in [1.82, 2.24) is 4.57 Å². The van der Waals surface area contributed by atoms with Crippen molar-refractivity contribution in [3.05, 3.63) is 65.9 Å². The number of aromatic nitrogens is 1. The number of carboxylic acids is 1. The molecule has 0 fully saturated rings. The van der Waals surface area contributed by atoms with Crippen LogP contribution < -0.4 is 4.74 Å². The van der Waals surface area contributed by atoms with Gasteiger partial charge in [0.05, 0.1) is 18.2 Å². The Morgan fingerprint density at radius 2 is 2.00 bits per heavy atom. The van der Waals surface area contributed by atoms with Crippen molar-refractivity contribution in [1.29, 1.82) is 0 Å². The van der Waals surface area contributed by atoms with Gasteiger partial charge in [-0.3, -0.25) is 0 Å². The molecule has 4 nitrogen and oxygen atoms in total. The van der Waals surface area contributed by atoms with Crippen LogP contribution in [0.5, 0.6) is 5.75 Å². The van der Waals surface area contributed by atoms with Crippen molar-refractivity contribution in [2.75, 3.05) is 7.11 Å². The average Bonchev–Trinajstić information content (AvgIpc) is 2.91. The monoisotopic (exact) mass is 281 g/mol. The zero-order valence-electron chi connectivity index (χ0n) is 11.6. The minimum Gasteiger partial charge on any atom is -0.495 e. The molecule has 1 heterocycles. The van der Waals surface area contributed by atoms with Gasteiger partial charge >= 0.3 is 5.97 Å². The van der Waals surface area contributed by atoms with Crippen molar-refractivity contribution < 1.29 is 14.6 Å². The van der Waals surface area contributed by atoms with E-state index in [2.05, 4.69) is 4.57 Å². The van der Waals surface area contributed by atoms with Crippen molar-refractivity contribution in [3.63, 3.8) is 0 Å². The van der Waals surface area contributed by atoms with E-state index >= 15 is 0 Å². The molecule has 2 aromatic carbocycles. The van der Waals surface area contributed by atoms with Gasteiger partial charge in [-0.1, -0.05) is 24.3 Å². The first-order valence-electron chi connectivity index (χ1n) is 6.63. The van der Waals surface area contributed by atoms with Crippen LogP contribution in [-0.2, 0) is 6.54 Å². The molecule has 0 saturated heterocycles. The number of para-hydroxylation sites is 1. The van der Waals surface area contributed by atoms with E-state index in [-0.39, 0.29) is 0 Å². The molecule has 0 radical (unpaired) electrons. The summed E-state index contributed by atoms with van der Waals surface area (Å²) in [5, 5.41) is 10.2. The zero-order chi connectivity index (χ0) is 14.8. The lowest BCUT2D eigenvalue weighted by molar-refractivity contribution is 0.0696. The Kier molecular flexibility index (Phi) is 3.36. The maximum absolute atomic E-state index is 11.0. The molecule has 4 heteroatoms. The maximum atomic E-state index is 11.0. The summed E-state index contributed by atoms with van der Waals surface area (Å²) in [5.74, 6) is -0.0984. The highest BCUT2D eigenvalue weighted by Gasteiger charge is 2.08. The van der Waals surface area contributed by atoms with Gasteiger partial charge in [-0.2, -0.15) is 0 Å². The molecule has 106 valence electrons. The van der Waals surface area contributed by atoms with E-state index in [1.165, 1.54) is 0 Å². The van der Waals surface area contributed by atoms with Gasteiger partial charge < -0.3 is 14.4 Å². The van der Waals surface area contributed by atoms with Crippen LogP contribution in [-0.4, -0.2) is 22.8 Å². The van der Waals surface area contributed by atoms with Crippen molar-refractivity contribution >= 4 is 16.9 Å². The fourth-order valence-electron chi connectivity index (χ4n) is 2.52. The first-order chi connectivity index (χ1) is 10.2. The number of aromatic carboxylic acids is 1. The normalized spacial score (nSPS) is 10.7. The molecular formula is C17H15NO3. The molecule has 0 aliphatic heterocycles. The molecule has 0 aliphatic carbocycles. The first kappa shape index (κ1) is 13.2. The number of ether oxygens (including phenoxy) is 1. The Labute approximate surface area is 122 Å². The second kappa shape index (κ2) is 5.32. The lowest BCUT2D eigenvalue weighted by Gasteiger charge is -2.09. The van der Waals surface area contributed by atoms with Crippen LogP contribution >= 0.6 is 0 Å². The highest BCUT2D eigenvalue weighted by molar-refractivity contribution is 5.88. The van der Waals surface area contributed by atoms with Crippen molar-refractivity contribution in [3.8, 4) is 5.75 Å². The van der Waals surface area contributed by atoms with E-state index < -0.39 is 5.97 Å². The number of carboxylic acid groups (broad SMARTS) is 1. The number of rotatable bonds is 4. The Morgan fingerprint density at radius 3 is 2.76 bits per heavy atom. The number of hydrogen-bond donors (Lipinski definition) is 1. The third kappa shape index (κ3) is 2.48. The van der Waals surface area contributed by atoms with Gasteiger partial charge in [0.1, 0.15) is 5.75 Å². The number of nitrogens with zero attached hydrogens (tertiary/aromatic N) is 1. The summed E-state index contributed by atoms with van der Waals surface area (Å²) in [6, 6.07) is 14.9. The first-order valence-corrected chi connectivity index (χ1v) is 6.63. The van der Waals surface area contributed by atoms with Gasteiger partial charge in [-0.15, -0.1) is 0 Å². The number of methoxy groups -OCH3 is 1. The second-order valence-electron chi connectivity index (χ2n) is 4.85. The minimum atomic E-state index is -0.910. The smallest absolute Gasteiger partial charge is 0.335 e. The van der Waals surface area contributed by atoms with Crippen molar-refractivity contribution in [2.24, 2.45) is 0 Å². The molecule has 0 aliphatic rings. The minimum absolute atomic E-state index is 0.302. The second-order valence-corrected chi connectivity index (χ2v) is 4.85. The van der Waals surface area contributed by atoms with E-state index in [1.54, 1.807) is 25.3 Å². The largest absolute Gasteiger partial charge is 0.495 e. The lowest BCUT2D eigenvalue weighted by atomic mass is 10.1. The molecule has 0 unspecified atom stereocenters. The SMILES string of the molecule is COc1cccc2ccn(Cc3cccc(C(=O)O)c3)c12. The Bertz CT molecular complexity index is 805. The highest BCUT2D eigenvalue weighted by atomic mass is 16.5. The van der Waals surface area contributed by atoms with Gasteiger partial charge in [0.2, 0.25) is 0 Å². The summed E-state index contributed by atoms with van der Waals surface area (Å²) in [5.41, 5.74) is 2.26. The molecule has 0 spiro atoms. The molecule has 3 aromatic rings. The lowest BCUT2D eigenvalue weighted by Crippen LogP contribution is -2.02. The molecule has 0 saturated carbocycles. The predicted octanol–water partition coefficient (Wildman–Crippen LogP) is 3.40. The van der Waals surface area contributed by atoms with E-state index in [0.29, 0.717) is 12.1 Å². The predicted molar refractivity (Wildman–Crippen MR) is 81.0 cm³/mol. The third-order valence-electron chi connectivity index (χ3n) is 3.50. The van der Waals surface area contributed by atoms with E-state index in [1.807, 2.05) is 36.5 Å². The van der Waals surface area contributed by atoms with E-state index in [0.717, 1.165) is 22.2 Å². The maximum Gasteiger partial charge on any atom is 0.335 e. The molecule has 21 heavy (non-hydrogen) atoms. The van der Waals surface area contributed by atoms with Gasteiger partial charge in [0.25, 0.3) is 0 Å². The molecule has 1 N–H and O–H groups in total. The number of carbonyl (C=O) groups is 1. The average molecular weight is 281 g/mol. The molecule has 3 rings (SSSR count). The molecule has 1 aromatic heterocycles. The summed E-state index contributed by atoms with van der Waals surface area (Å²) >= 11 is 0. The molecular weight excluding hydrogens is 266 g/mol. The fourth-order valence-corrected chi connectivity index (χ4v) is 2.52. The highest BCUT2D eigenvalue weighted by Crippen LogP contribution is 2.27. The van der Waals surface area contributed by atoms with Gasteiger partial charge in [0.15, 0.2) is 0 Å². The van der Waals surface area contributed by atoms with Crippen LogP contribution in [0.3, 0.4) is 0 Å². The van der Waals surface area contributed by atoms with Crippen LogP contribution in [0, 0.1) is 0 Å². The Balaban J connectivity index is 2.02. The zero-order valence-corrected chi connectivity index (χ0v) is 11.6. The summed E-state index contributed by atoms with van der Waals surface area (Å²) in [6.45, 7) is 0.602. The van der Waals surface area contributed by atoms with Gasteiger partial charge in [-0.05, 0) is 29.8 Å². The fraction of sp³-hybridized carbons (Fsp3) is 0.118. The Morgan fingerprint density at radius 1 is 1.19 bits per heavy atom. The van der Waals surface area contributed by atoms with Crippen LogP contribution in [0.2, 0.25) is 0 Å². The summed E-state index contributed by atoms with van der Waals surface area (Å²) < 4.78 is 7.48. The Hall–Kier alpha value is -2.75. The summed E-state index contributed by atoms with van der Waals surface area (Å²) in [7, 11) is 1.65. The van der Waals surface area contributed by atoms with Crippen molar-refractivity contribution in [2.45, 2.75) is 6.54 Å². The van der Waals surface area contributed by atoms with Gasteiger partial charge in [0, 0.05) is 18.1 Å². The molecule has 0 bridgehead atoms. The van der Waals surface area contributed by atoms with Crippen LogP contribution in [0.15, 0.2) is 54.7 Å². The molecule has 0 atom stereocenters. The topological polar surface area (TPSA) is 51.5 Å². The molecule has 0 amide bonds. The summed E-state index contributed by atoms with van der Waals surface area (Å²) in [6.07, 6.45) is 1.99. The quantitative estimate of drug-likeness (QED) is 0.797. The number of hydrogen-bond acceptors (Lipinski definition) is 2. The van der Waals surface area contributed by atoms with Crippen LogP contribution in [0.1, 0.15) is 15.9 Å². The third-order valence-corrected chi connectivity index (χ3v) is 3.50. The standard InChI is InChI=1S/C17H15NO3/c1-21-15-7-3-5-13-8-9-18(16(13)15)11-12-4-2-6-14(10-12)17(19)20/h2-10H,11H2,1H3,(H,19,20). The summed E-state index contributed by atoms with van der Waals surface area (Å²) in [4.78, 5) is 11.0. The van der Waals surface area contributed by atoms with Crippen LogP contribution in [0.25, 0.3) is 10.9 Å². The van der Waals surface area contributed by atoms with E-state index in [9.17, 15) is 4.79 Å². The number of benzene rings is 2. The van der Waals surface area contributed by atoms with Gasteiger partial charge in [-0.25, -0.2) is 4.79 Å². The van der Waals surface area contributed by atoms with Crippen LogP contribution in [0.4, 0.5) is 0 Å².